The van der Waals surface area contributed by atoms with Gasteiger partial charge in [-0.15, -0.1) is 0 Å². The number of ether oxygens (including phenoxy) is 2. The second-order valence-corrected chi connectivity index (χ2v) is 11.1. The minimum absolute atomic E-state index is 0.119. The zero-order valence-corrected chi connectivity index (χ0v) is 24.4. The number of amides is 4. The van der Waals surface area contributed by atoms with Gasteiger partial charge in [0.05, 0.1) is 13.2 Å². The number of hydrogen-bond acceptors (Lipinski definition) is 7. The predicted octanol–water partition coefficient (Wildman–Crippen LogP) is 1.42. The molecule has 0 aromatic heterocycles. The van der Waals surface area contributed by atoms with Crippen LogP contribution in [0, 0.1) is 11.8 Å². The molecule has 2 bridgehead atoms. The smallest absolute Gasteiger partial charge is 0.247 e. The molecule has 3 rings (SSSR count). The first-order valence-corrected chi connectivity index (χ1v) is 13.9. The minimum atomic E-state index is -1.01. The quantitative estimate of drug-likeness (QED) is 0.379. The van der Waals surface area contributed by atoms with Crippen LogP contribution < -0.4 is 30.7 Å². The third-order valence-electron chi connectivity index (χ3n) is 7.27. The monoisotopic (exact) mass is 557 g/mol. The molecule has 0 saturated carbocycles. The molecule has 5 atom stereocenters. The maximum atomic E-state index is 13.9. The summed E-state index contributed by atoms with van der Waals surface area (Å²) >= 11 is 0. The maximum Gasteiger partial charge on any atom is 0.247 e. The molecule has 11 heteroatoms. The van der Waals surface area contributed by atoms with Crippen molar-refractivity contribution in [1.82, 2.24) is 26.2 Å². The molecule has 1 saturated heterocycles. The number of fused-ring (bicyclic) bond motifs is 3. The summed E-state index contributed by atoms with van der Waals surface area (Å²) in [5.74, 6) is -0.551. The highest BCUT2D eigenvalue weighted by Crippen LogP contribution is 2.30. The predicted molar refractivity (Wildman–Crippen MR) is 151 cm³/mol. The first kappa shape index (κ1) is 30.9. The van der Waals surface area contributed by atoms with Gasteiger partial charge in [0, 0.05) is 24.7 Å². The summed E-state index contributed by atoms with van der Waals surface area (Å²) in [6.07, 6.45) is 3.35. The molecular weight excluding hydrogens is 514 g/mol. The third-order valence-corrected chi connectivity index (χ3v) is 7.27. The molecule has 1 aromatic carbocycles. The van der Waals surface area contributed by atoms with Gasteiger partial charge in [0.1, 0.15) is 35.7 Å². The first-order valence-electron chi connectivity index (χ1n) is 13.9. The standard InChI is InChI=1S/C29H43N5O6/c1-16(2)14-21-27(36)31-12-10-19-15-20(8-9-22(19)39-7)40-23-11-13-34(25(23)28(37)32-21)29(38)24(17(3)4)33-26(35)18(5)30-6/h8-10,12,15-18,21,23-25,30H,11,13-14H2,1-7H3,(H,31,36)(H,32,37)(H,33,35)/t18-,21-,23+,24-,25+/m0/s1. The molecule has 0 spiro atoms. The van der Waals surface area contributed by atoms with Gasteiger partial charge < -0.3 is 35.6 Å². The first-order chi connectivity index (χ1) is 19.0. The fourth-order valence-corrected chi connectivity index (χ4v) is 4.91. The summed E-state index contributed by atoms with van der Waals surface area (Å²) in [7, 11) is 3.22. The van der Waals surface area contributed by atoms with Crippen LogP contribution in [0.4, 0.5) is 0 Å². The highest BCUT2D eigenvalue weighted by Gasteiger charge is 2.46. The molecule has 0 unspecified atom stereocenters. The number of nitrogens with zero attached hydrogens (tertiary/aromatic N) is 1. The largest absolute Gasteiger partial charge is 0.496 e. The number of benzene rings is 1. The number of methoxy groups -OCH3 is 1. The molecule has 4 amide bonds. The molecule has 0 radical (unpaired) electrons. The van der Waals surface area contributed by atoms with E-state index in [9.17, 15) is 19.2 Å². The van der Waals surface area contributed by atoms with Gasteiger partial charge in [0.25, 0.3) is 0 Å². The SMILES string of the molecule is CN[C@@H](C)C(=O)N[C@H](C(=O)N1CC[C@H]2Oc3ccc(OC)c(c3)C=CNC(=O)[C@H](CC(C)C)NC(=O)[C@@H]21)C(C)C. The van der Waals surface area contributed by atoms with Crippen LogP contribution in [0.2, 0.25) is 0 Å². The van der Waals surface area contributed by atoms with E-state index in [1.807, 2.05) is 27.7 Å². The number of nitrogens with one attached hydrogen (secondary N) is 4. The molecule has 11 nitrogen and oxygen atoms in total. The van der Waals surface area contributed by atoms with Crippen molar-refractivity contribution in [1.29, 1.82) is 0 Å². The molecule has 0 aliphatic carbocycles. The normalized spacial score (nSPS) is 22.6. The lowest BCUT2D eigenvalue weighted by atomic mass is 10.0. The van der Waals surface area contributed by atoms with E-state index in [-0.39, 0.29) is 36.1 Å². The highest BCUT2D eigenvalue weighted by molar-refractivity contribution is 5.96. The number of carbonyl (C=O) groups excluding carboxylic acids is 4. The van der Waals surface area contributed by atoms with Crippen molar-refractivity contribution in [3.63, 3.8) is 0 Å². The summed E-state index contributed by atoms with van der Waals surface area (Å²) in [6, 6.07) is 2.09. The summed E-state index contributed by atoms with van der Waals surface area (Å²) in [4.78, 5) is 55.0. The van der Waals surface area contributed by atoms with Gasteiger partial charge in [-0.3, -0.25) is 19.2 Å². The van der Waals surface area contributed by atoms with Gasteiger partial charge in [-0.1, -0.05) is 27.7 Å². The van der Waals surface area contributed by atoms with Crippen molar-refractivity contribution in [2.24, 2.45) is 11.8 Å². The third kappa shape index (κ3) is 7.32. The second kappa shape index (κ2) is 13.6. The van der Waals surface area contributed by atoms with Crippen LogP contribution >= 0.6 is 0 Å². The molecule has 2 aliphatic heterocycles. The molecule has 1 aromatic rings. The van der Waals surface area contributed by atoms with E-state index in [1.165, 1.54) is 11.1 Å². The van der Waals surface area contributed by atoms with Crippen LogP contribution in [-0.4, -0.2) is 79.5 Å². The Labute approximate surface area is 236 Å². The van der Waals surface area contributed by atoms with Crippen LogP contribution in [0.3, 0.4) is 0 Å². The van der Waals surface area contributed by atoms with Crippen molar-refractivity contribution in [2.75, 3.05) is 20.7 Å². The average molecular weight is 558 g/mol. The summed E-state index contributed by atoms with van der Waals surface area (Å²) in [5.41, 5.74) is 0.683. The lowest BCUT2D eigenvalue weighted by Gasteiger charge is -2.33. The van der Waals surface area contributed by atoms with Gasteiger partial charge in [-0.25, -0.2) is 0 Å². The van der Waals surface area contributed by atoms with Crippen LogP contribution in [0.5, 0.6) is 11.5 Å². The summed E-state index contributed by atoms with van der Waals surface area (Å²) < 4.78 is 11.8. The van der Waals surface area contributed by atoms with E-state index < -0.39 is 36.2 Å². The van der Waals surface area contributed by atoms with Gasteiger partial charge in [-0.05, 0) is 56.5 Å². The average Bonchev–Trinajstić information content (AvgIpc) is 3.33. The Morgan fingerprint density at radius 1 is 1.15 bits per heavy atom. The second-order valence-electron chi connectivity index (χ2n) is 11.1. The van der Waals surface area contributed by atoms with E-state index in [0.717, 1.165) is 0 Å². The van der Waals surface area contributed by atoms with E-state index in [4.69, 9.17) is 9.47 Å². The van der Waals surface area contributed by atoms with Gasteiger partial charge >= 0.3 is 0 Å². The number of hydrogen-bond donors (Lipinski definition) is 4. The highest BCUT2D eigenvalue weighted by atomic mass is 16.5. The molecule has 220 valence electrons. The Morgan fingerprint density at radius 2 is 1.88 bits per heavy atom. The van der Waals surface area contributed by atoms with Crippen LogP contribution in [-0.2, 0) is 19.2 Å². The minimum Gasteiger partial charge on any atom is -0.496 e. The summed E-state index contributed by atoms with van der Waals surface area (Å²) in [6.45, 7) is 9.58. The molecule has 1 fully saturated rings. The van der Waals surface area contributed by atoms with E-state index in [0.29, 0.717) is 29.9 Å². The zero-order chi connectivity index (χ0) is 29.6. The van der Waals surface area contributed by atoms with Crippen LogP contribution in [0.15, 0.2) is 24.4 Å². The molecule has 4 N–H and O–H groups in total. The Morgan fingerprint density at radius 3 is 2.50 bits per heavy atom. The maximum absolute atomic E-state index is 13.9. The number of likely N-dealkylation sites (N-methyl/N-ethyl adjacent to an activating group) is 1. The summed E-state index contributed by atoms with van der Waals surface area (Å²) in [5, 5.41) is 11.4. The topological polar surface area (TPSA) is 138 Å². The van der Waals surface area contributed by atoms with E-state index in [1.54, 1.807) is 45.4 Å². The fraction of sp³-hybridized carbons (Fsp3) is 0.586. The van der Waals surface area contributed by atoms with Gasteiger partial charge in [0.2, 0.25) is 23.6 Å². The molecular formula is C29H43N5O6. The van der Waals surface area contributed by atoms with E-state index >= 15 is 0 Å². The van der Waals surface area contributed by atoms with Crippen molar-refractivity contribution in [3.8, 4) is 11.5 Å². The number of rotatable bonds is 8. The van der Waals surface area contributed by atoms with E-state index in [2.05, 4.69) is 21.3 Å². The van der Waals surface area contributed by atoms with Crippen molar-refractivity contribution in [3.05, 3.63) is 30.0 Å². The Kier molecular flexibility index (Phi) is 10.6. The lowest BCUT2D eigenvalue weighted by molar-refractivity contribution is -0.144. The van der Waals surface area contributed by atoms with Gasteiger partial charge in [0.15, 0.2) is 0 Å². The fourth-order valence-electron chi connectivity index (χ4n) is 4.91. The Hall–Kier alpha value is -3.60. The van der Waals surface area contributed by atoms with Gasteiger partial charge in [-0.2, -0.15) is 0 Å². The number of carbonyl (C=O) groups is 4. The number of likely N-dealkylation sites (tertiary alicyclic amines) is 1. The van der Waals surface area contributed by atoms with Crippen LogP contribution in [0.25, 0.3) is 6.08 Å². The van der Waals surface area contributed by atoms with Crippen LogP contribution in [0.1, 0.15) is 53.0 Å². The lowest BCUT2D eigenvalue weighted by Crippen LogP contribution is -2.60. The van der Waals surface area contributed by atoms with Crippen molar-refractivity contribution >= 4 is 29.7 Å². The van der Waals surface area contributed by atoms with Crippen molar-refractivity contribution < 1.29 is 28.7 Å². The molecule has 2 heterocycles. The molecule has 40 heavy (non-hydrogen) atoms. The zero-order valence-electron chi connectivity index (χ0n) is 24.4. The van der Waals surface area contributed by atoms with Crippen molar-refractivity contribution in [2.45, 2.75) is 77.7 Å². The Balaban J connectivity index is 2.01. The Bertz CT molecular complexity index is 1120. The molecule has 2 aliphatic rings.